The molecule has 1 amide bonds. The van der Waals surface area contributed by atoms with Gasteiger partial charge in [0, 0.05) is 43.7 Å². The largest absolute Gasteiger partial charge is 0.339 e. The summed E-state index contributed by atoms with van der Waals surface area (Å²) >= 11 is 0. The number of likely N-dealkylation sites (tertiary alicyclic amines) is 1. The summed E-state index contributed by atoms with van der Waals surface area (Å²) in [5, 5.41) is 0. The summed E-state index contributed by atoms with van der Waals surface area (Å²) < 4.78 is 2.24. The second-order valence-corrected chi connectivity index (χ2v) is 7.28. The molecule has 4 heteroatoms. The Labute approximate surface area is 166 Å². The topological polar surface area (TPSA) is 38.1 Å². The number of carbonyl (C=O) groups is 1. The van der Waals surface area contributed by atoms with E-state index >= 15 is 0 Å². The van der Waals surface area contributed by atoms with Crippen LogP contribution in [0.1, 0.15) is 18.4 Å². The third kappa shape index (κ3) is 4.39. The minimum atomic E-state index is 0.106. The van der Waals surface area contributed by atoms with Crippen molar-refractivity contribution in [2.45, 2.75) is 19.4 Å². The van der Waals surface area contributed by atoms with Crippen LogP contribution in [0.4, 0.5) is 0 Å². The van der Waals surface area contributed by atoms with Crippen LogP contribution in [0.5, 0.6) is 0 Å². The number of benzene rings is 2. The van der Waals surface area contributed by atoms with Crippen LogP contribution in [0.2, 0.25) is 0 Å². The molecule has 0 atom stereocenters. The smallest absolute Gasteiger partial charge is 0.246 e. The first kappa shape index (κ1) is 18.2. The van der Waals surface area contributed by atoms with Crippen LogP contribution in [0.25, 0.3) is 17.5 Å². The van der Waals surface area contributed by atoms with Crippen LogP contribution in [-0.2, 0) is 11.3 Å². The van der Waals surface area contributed by atoms with Crippen molar-refractivity contribution in [1.82, 2.24) is 14.5 Å². The fourth-order valence-corrected chi connectivity index (χ4v) is 3.76. The maximum atomic E-state index is 12.5. The van der Waals surface area contributed by atoms with E-state index in [9.17, 15) is 4.79 Å². The molecule has 0 aliphatic carbocycles. The van der Waals surface area contributed by atoms with E-state index in [2.05, 4.69) is 27.9 Å². The average molecular weight is 371 g/mol. The number of imidazole rings is 1. The molecule has 28 heavy (non-hydrogen) atoms. The van der Waals surface area contributed by atoms with Gasteiger partial charge in [-0.2, -0.15) is 0 Å². The van der Waals surface area contributed by atoms with E-state index in [1.807, 2.05) is 65.7 Å². The molecule has 4 nitrogen and oxygen atoms in total. The quantitative estimate of drug-likeness (QED) is 0.619. The van der Waals surface area contributed by atoms with Crippen molar-refractivity contribution in [3.8, 4) is 11.4 Å². The van der Waals surface area contributed by atoms with Crippen LogP contribution >= 0.6 is 0 Å². The van der Waals surface area contributed by atoms with Gasteiger partial charge in [0.15, 0.2) is 0 Å². The van der Waals surface area contributed by atoms with Crippen LogP contribution in [-0.4, -0.2) is 33.4 Å². The molecule has 142 valence electrons. The highest BCUT2D eigenvalue weighted by Gasteiger charge is 2.22. The number of carbonyl (C=O) groups excluding carboxylic acids is 1. The summed E-state index contributed by atoms with van der Waals surface area (Å²) in [6, 6.07) is 20.3. The van der Waals surface area contributed by atoms with E-state index in [1.165, 1.54) is 0 Å². The lowest BCUT2D eigenvalue weighted by Crippen LogP contribution is -2.38. The maximum Gasteiger partial charge on any atom is 0.246 e. The highest BCUT2D eigenvalue weighted by molar-refractivity contribution is 5.91. The first-order valence-electron chi connectivity index (χ1n) is 9.88. The van der Waals surface area contributed by atoms with Crippen molar-refractivity contribution in [2.24, 2.45) is 5.92 Å². The lowest BCUT2D eigenvalue weighted by Gasteiger charge is -2.31. The second-order valence-electron chi connectivity index (χ2n) is 7.28. The molecular weight excluding hydrogens is 346 g/mol. The molecule has 1 aliphatic heterocycles. The molecule has 4 rings (SSSR count). The molecule has 3 aromatic rings. The molecule has 0 N–H and O–H groups in total. The van der Waals surface area contributed by atoms with Crippen LogP contribution in [0.15, 0.2) is 79.1 Å². The molecule has 0 radical (unpaired) electrons. The second kappa shape index (κ2) is 8.70. The van der Waals surface area contributed by atoms with Crippen molar-refractivity contribution < 1.29 is 4.79 Å². The Morgan fingerprint density at radius 2 is 1.68 bits per heavy atom. The highest BCUT2D eigenvalue weighted by Crippen LogP contribution is 2.23. The maximum absolute atomic E-state index is 12.5. The zero-order valence-corrected chi connectivity index (χ0v) is 15.9. The Morgan fingerprint density at radius 1 is 1.00 bits per heavy atom. The van der Waals surface area contributed by atoms with Gasteiger partial charge in [0.05, 0.1) is 0 Å². The zero-order chi connectivity index (χ0) is 19.2. The minimum Gasteiger partial charge on any atom is -0.339 e. The number of piperidine rings is 1. The Morgan fingerprint density at radius 3 is 2.39 bits per heavy atom. The molecule has 2 aromatic carbocycles. The van der Waals surface area contributed by atoms with Crippen LogP contribution < -0.4 is 0 Å². The number of aromatic nitrogens is 2. The Hall–Kier alpha value is -3.14. The summed E-state index contributed by atoms with van der Waals surface area (Å²) in [7, 11) is 0. The van der Waals surface area contributed by atoms with Gasteiger partial charge in [-0.25, -0.2) is 4.98 Å². The van der Waals surface area contributed by atoms with Gasteiger partial charge in [-0.15, -0.1) is 0 Å². The Bertz CT molecular complexity index is 923. The van der Waals surface area contributed by atoms with E-state index in [0.717, 1.165) is 49.4 Å². The number of nitrogens with zero attached hydrogens (tertiary/aromatic N) is 3. The molecule has 0 bridgehead atoms. The molecule has 1 saturated heterocycles. The van der Waals surface area contributed by atoms with E-state index in [4.69, 9.17) is 0 Å². The fourth-order valence-electron chi connectivity index (χ4n) is 3.76. The fraction of sp³-hybridized carbons (Fsp3) is 0.250. The van der Waals surface area contributed by atoms with Gasteiger partial charge < -0.3 is 9.47 Å². The molecule has 0 saturated carbocycles. The van der Waals surface area contributed by atoms with Crippen molar-refractivity contribution in [3.63, 3.8) is 0 Å². The summed E-state index contributed by atoms with van der Waals surface area (Å²) in [6.45, 7) is 2.59. The molecule has 2 heterocycles. The normalized spacial score (nSPS) is 15.2. The lowest BCUT2D eigenvalue weighted by atomic mass is 9.96. The number of rotatable bonds is 5. The van der Waals surface area contributed by atoms with E-state index in [1.54, 1.807) is 6.08 Å². The van der Waals surface area contributed by atoms with Gasteiger partial charge in [-0.05, 0) is 30.4 Å². The first-order valence-corrected chi connectivity index (χ1v) is 9.88. The molecule has 1 fully saturated rings. The van der Waals surface area contributed by atoms with Crippen molar-refractivity contribution in [3.05, 3.63) is 84.7 Å². The third-order valence-corrected chi connectivity index (χ3v) is 5.35. The molecule has 1 aliphatic rings. The zero-order valence-electron chi connectivity index (χ0n) is 15.9. The van der Waals surface area contributed by atoms with Gasteiger partial charge in [0.2, 0.25) is 5.91 Å². The van der Waals surface area contributed by atoms with Crippen molar-refractivity contribution in [1.29, 1.82) is 0 Å². The third-order valence-electron chi connectivity index (χ3n) is 5.35. The van der Waals surface area contributed by atoms with Crippen LogP contribution in [0.3, 0.4) is 0 Å². The Kier molecular flexibility index (Phi) is 5.66. The number of hydrogen-bond donors (Lipinski definition) is 0. The molecule has 0 unspecified atom stereocenters. The number of hydrogen-bond acceptors (Lipinski definition) is 2. The summed E-state index contributed by atoms with van der Waals surface area (Å²) in [6.07, 6.45) is 9.57. The molecule has 0 spiro atoms. The van der Waals surface area contributed by atoms with E-state index in [0.29, 0.717) is 5.92 Å². The predicted molar refractivity (Wildman–Crippen MR) is 112 cm³/mol. The van der Waals surface area contributed by atoms with Gasteiger partial charge in [0.25, 0.3) is 0 Å². The van der Waals surface area contributed by atoms with Gasteiger partial charge in [-0.1, -0.05) is 60.7 Å². The monoisotopic (exact) mass is 371 g/mol. The summed E-state index contributed by atoms with van der Waals surface area (Å²) in [5.74, 6) is 1.69. The predicted octanol–water partition coefficient (Wildman–Crippen LogP) is 4.50. The molecule has 1 aromatic heterocycles. The van der Waals surface area contributed by atoms with Crippen molar-refractivity contribution >= 4 is 12.0 Å². The van der Waals surface area contributed by atoms with E-state index < -0.39 is 0 Å². The van der Waals surface area contributed by atoms with E-state index in [-0.39, 0.29) is 5.91 Å². The Balaban J connectivity index is 1.32. The van der Waals surface area contributed by atoms with Gasteiger partial charge in [-0.3, -0.25) is 4.79 Å². The standard InChI is InChI=1S/C24H25N3O/c28-23(12-11-20-7-3-1-4-8-20)26-16-13-21(14-17-26)19-27-18-15-25-24(27)22-9-5-2-6-10-22/h1-12,15,18,21H,13-14,16-17,19H2. The first-order chi connectivity index (χ1) is 13.8. The molecular formula is C24H25N3O. The minimum absolute atomic E-state index is 0.106. The van der Waals surface area contributed by atoms with Crippen molar-refractivity contribution in [2.75, 3.05) is 13.1 Å². The van der Waals surface area contributed by atoms with Crippen LogP contribution in [0, 0.1) is 5.92 Å². The summed E-state index contributed by atoms with van der Waals surface area (Å²) in [4.78, 5) is 19.0. The highest BCUT2D eigenvalue weighted by atomic mass is 16.2. The SMILES string of the molecule is O=C(C=Cc1ccccc1)N1CCC(Cn2ccnc2-c2ccccc2)CC1. The van der Waals surface area contributed by atoms with Gasteiger partial charge >= 0.3 is 0 Å². The summed E-state index contributed by atoms with van der Waals surface area (Å²) in [5.41, 5.74) is 2.20. The average Bonchev–Trinajstić information content (AvgIpc) is 3.22. The number of amides is 1. The lowest BCUT2D eigenvalue weighted by molar-refractivity contribution is -0.127. The van der Waals surface area contributed by atoms with Gasteiger partial charge in [0.1, 0.15) is 5.82 Å².